The Labute approximate surface area is 175 Å². The van der Waals surface area contributed by atoms with Crippen molar-refractivity contribution < 1.29 is 19.1 Å². The van der Waals surface area contributed by atoms with Gasteiger partial charge in [-0.2, -0.15) is 0 Å². The lowest BCUT2D eigenvalue weighted by Gasteiger charge is -2.17. The van der Waals surface area contributed by atoms with Crippen molar-refractivity contribution in [2.75, 3.05) is 6.61 Å². The van der Waals surface area contributed by atoms with E-state index in [0.29, 0.717) is 5.56 Å². The van der Waals surface area contributed by atoms with Crippen LogP contribution in [-0.4, -0.2) is 30.4 Å². The maximum Gasteiger partial charge on any atom is 0.328 e. The SMILES string of the molecule is C[C@H](NC(=O)c1ccccc1)C(=O)OCC(=O)N[C@@H](C)c1cccc2ccccc12. The first-order valence-corrected chi connectivity index (χ1v) is 9.75. The minimum Gasteiger partial charge on any atom is -0.454 e. The van der Waals surface area contributed by atoms with Gasteiger partial charge in [-0.25, -0.2) is 4.79 Å². The maximum atomic E-state index is 12.3. The van der Waals surface area contributed by atoms with Crippen molar-refractivity contribution in [1.29, 1.82) is 0 Å². The molecule has 2 N–H and O–H groups in total. The molecule has 3 rings (SSSR count). The highest BCUT2D eigenvalue weighted by Gasteiger charge is 2.20. The molecule has 2 atom stereocenters. The Balaban J connectivity index is 1.51. The van der Waals surface area contributed by atoms with Crippen LogP contribution in [0.2, 0.25) is 0 Å². The van der Waals surface area contributed by atoms with Gasteiger partial charge >= 0.3 is 5.97 Å². The van der Waals surface area contributed by atoms with Gasteiger partial charge in [-0.3, -0.25) is 9.59 Å². The van der Waals surface area contributed by atoms with Crippen molar-refractivity contribution >= 4 is 28.6 Å². The summed E-state index contributed by atoms with van der Waals surface area (Å²) in [4.78, 5) is 36.5. The summed E-state index contributed by atoms with van der Waals surface area (Å²) < 4.78 is 5.06. The minimum atomic E-state index is -0.874. The molecule has 0 saturated heterocycles. The quantitative estimate of drug-likeness (QED) is 0.591. The molecule has 0 aliphatic rings. The fraction of sp³-hybridized carbons (Fsp3) is 0.208. The lowest BCUT2D eigenvalue weighted by Crippen LogP contribution is -2.41. The van der Waals surface area contributed by atoms with Crippen molar-refractivity contribution in [2.24, 2.45) is 0 Å². The summed E-state index contributed by atoms with van der Waals surface area (Å²) in [6.45, 7) is 2.98. The van der Waals surface area contributed by atoms with Crippen LogP contribution in [0.5, 0.6) is 0 Å². The second-order valence-electron chi connectivity index (χ2n) is 7.03. The maximum absolute atomic E-state index is 12.3. The molecular formula is C24H24N2O4. The third kappa shape index (κ3) is 5.23. The Bertz CT molecular complexity index is 1040. The fourth-order valence-corrected chi connectivity index (χ4v) is 3.18. The number of carbonyl (C=O) groups is 3. The van der Waals surface area contributed by atoms with E-state index >= 15 is 0 Å². The molecule has 0 unspecified atom stereocenters. The third-order valence-electron chi connectivity index (χ3n) is 4.75. The number of hydrogen-bond acceptors (Lipinski definition) is 4. The van der Waals surface area contributed by atoms with Crippen LogP contribution in [-0.2, 0) is 14.3 Å². The molecule has 0 aliphatic carbocycles. The molecule has 0 aromatic heterocycles. The number of rotatable bonds is 7. The minimum absolute atomic E-state index is 0.252. The van der Waals surface area contributed by atoms with Gasteiger partial charge in [0.05, 0.1) is 6.04 Å². The number of benzene rings is 3. The monoisotopic (exact) mass is 404 g/mol. The van der Waals surface area contributed by atoms with E-state index in [9.17, 15) is 14.4 Å². The number of hydrogen-bond donors (Lipinski definition) is 2. The lowest BCUT2D eigenvalue weighted by atomic mass is 10.00. The summed E-state index contributed by atoms with van der Waals surface area (Å²) in [7, 11) is 0. The molecule has 154 valence electrons. The Hall–Kier alpha value is -3.67. The molecule has 2 amide bonds. The van der Waals surface area contributed by atoms with Crippen molar-refractivity contribution in [2.45, 2.75) is 25.9 Å². The van der Waals surface area contributed by atoms with Crippen LogP contribution >= 0.6 is 0 Å². The highest BCUT2D eigenvalue weighted by molar-refractivity contribution is 5.96. The van der Waals surface area contributed by atoms with Gasteiger partial charge in [0.15, 0.2) is 6.61 Å². The third-order valence-corrected chi connectivity index (χ3v) is 4.75. The first kappa shape index (κ1) is 21.0. The molecule has 0 fully saturated rings. The summed E-state index contributed by atoms with van der Waals surface area (Å²) in [5, 5.41) is 7.55. The normalized spacial score (nSPS) is 12.6. The molecular weight excluding hydrogens is 380 g/mol. The van der Waals surface area contributed by atoms with Gasteiger partial charge < -0.3 is 15.4 Å². The molecule has 6 nitrogen and oxygen atoms in total. The molecule has 0 spiro atoms. The van der Waals surface area contributed by atoms with Crippen LogP contribution in [0.25, 0.3) is 10.8 Å². The van der Waals surface area contributed by atoms with Crippen molar-refractivity contribution in [3.8, 4) is 0 Å². The van der Waals surface area contributed by atoms with Gasteiger partial charge in [0.25, 0.3) is 11.8 Å². The van der Waals surface area contributed by atoms with E-state index < -0.39 is 24.5 Å². The number of carbonyl (C=O) groups excluding carboxylic acids is 3. The smallest absolute Gasteiger partial charge is 0.328 e. The highest BCUT2D eigenvalue weighted by atomic mass is 16.5. The zero-order valence-corrected chi connectivity index (χ0v) is 16.9. The number of esters is 1. The van der Waals surface area contributed by atoms with E-state index in [2.05, 4.69) is 10.6 Å². The number of fused-ring (bicyclic) bond motifs is 1. The summed E-state index contributed by atoms with van der Waals surface area (Å²) >= 11 is 0. The van der Waals surface area contributed by atoms with Gasteiger partial charge in [-0.1, -0.05) is 60.7 Å². The lowest BCUT2D eigenvalue weighted by molar-refractivity contribution is -0.150. The van der Waals surface area contributed by atoms with Crippen LogP contribution in [0.15, 0.2) is 72.8 Å². The average Bonchev–Trinajstić information content (AvgIpc) is 2.77. The van der Waals surface area contributed by atoms with Crippen molar-refractivity contribution in [1.82, 2.24) is 10.6 Å². The number of amides is 2. The van der Waals surface area contributed by atoms with Crippen LogP contribution in [0.1, 0.15) is 35.8 Å². The van der Waals surface area contributed by atoms with E-state index in [-0.39, 0.29) is 11.9 Å². The fourth-order valence-electron chi connectivity index (χ4n) is 3.18. The van der Waals surface area contributed by atoms with E-state index in [0.717, 1.165) is 16.3 Å². The van der Waals surface area contributed by atoms with E-state index in [1.807, 2.05) is 49.4 Å². The second-order valence-corrected chi connectivity index (χ2v) is 7.03. The zero-order chi connectivity index (χ0) is 21.5. The van der Waals surface area contributed by atoms with Gasteiger partial charge in [-0.15, -0.1) is 0 Å². The van der Waals surface area contributed by atoms with Gasteiger partial charge in [0.2, 0.25) is 0 Å². The van der Waals surface area contributed by atoms with Crippen molar-refractivity contribution in [3.05, 3.63) is 83.9 Å². The van der Waals surface area contributed by atoms with Gasteiger partial charge in [0.1, 0.15) is 6.04 Å². The summed E-state index contributed by atoms with van der Waals surface area (Å²) in [6.07, 6.45) is 0. The van der Waals surface area contributed by atoms with Crippen LogP contribution < -0.4 is 10.6 Å². The Kier molecular flexibility index (Phi) is 6.80. The van der Waals surface area contributed by atoms with E-state index in [4.69, 9.17) is 4.74 Å². The largest absolute Gasteiger partial charge is 0.454 e. The highest BCUT2D eigenvalue weighted by Crippen LogP contribution is 2.23. The predicted octanol–water partition coefficient (Wildman–Crippen LogP) is 3.38. The van der Waals surface area contributed by atoms with Gasteiger partial charge in [-0.05, 0) is 42.3 Å². The number of ether oxygens (including phenoxy) is 1. The summed E-state index contributed by atoms with van der Waals surface area (Å²) in [5.74, 6) is -1.47. The molecule has 3 aromatic carbocycles. The molecule has 0 bridgehead atoms. The Morgan fingerprint density at radius 2 is 1.50 bits per heavy atom. The molecule has 6 heteroatoms. The molecule has 0 heterocycles. The van der Waals surface area contributed by atoms with E-state index in [1.165, 1.54) is 6.92 Å². The Morgan fingerprint density at radius 1 is 0.833 bits per heavy atom. The number of nitrogens with one attached hydrogen (secondary N) is 2. The summed E-state index contributed by atoms with van der Waals surface area (Å²) in [6, 6.07) is 21.3. The Morgan fingerprint density at radius 3 is 2.27 bits per heavy atom. The van der Waals surface area contributed by atoms with E-state index in [1.54, 1.807) is 30.3 Å². The first-order chi connectivity index (χ1) is 14.5. The topological polar surface area (TPSA) is 84.5 Å². The predicted molar refractivity (Wildman–Crippen MR) is 115 cm³/mol. The standard InChI is InChI=1S/C24H24N2O4/c1-16(20-14-8-12-18-9-6-7-13-21(18)20)25-22(27)15-30-24(29)17(2)26-23(28)19-10-4-3-5-11-19/h3-14,16-17H,15H2,1-2H3,(H,25,27)(H,26,28)/t16-,17-/m0/s1. The molecule has 0 radical (unpaired) electrons. The molecule has 30 heavy (non-hydrogen) atoms. The van der Waals surface area contributed by atoms with Crippen LogP contribution in [0.4, 0.5) is 0 Å². The second kappa shape index (κ2) is 9.69. The molecule has 3 aromatic rings. The molecule has 0 saturated carbocycles. The first-order valence-electron chi connectivity index (χ1n) is 9.75. The van der Waals surface area contributed by atoms with Crippen molar-refractivity contribution in [3.63, 3.8) is 0 Å². The molecule has 0 aliphatic heterocycles. The van der Waals surface area contributed by atoms with Gasteiger partial charge in [0, 0.05) is 5.56 Å². The van der Waals surface area contributed by atoms with Crippen LogP contribution in [0, 0.1) is 0 Å². The summed E-state index contributed by atoms with van der Waals surface area (Å²) in [5.41, 5.74) is 1.43. The average molecular weight is 404 g/mol. The van der Waals surface area contributed by atoms with Crippen LogP contribution in [0.3, 0.4) is 0 Å². The zero-order valence-electron chi connectivity index (χ0n) is 16.9.